The van der Waals surface area contributed by atoms with E-state index in [1.54, 1.807) is 7.05 Å². The van der Waals surface area contributed by atoms with Crippen molar-refractivity contribution in [1.82, 2.24) is 10.6 Å². The first kappa shape index (κ1) is 23.7. The van der Waals surface area contributed by atoms with Gasteiger partial charge in [-0.15, -0.1) is 0 Å². The van der Waals surface area contributed by atoms with Crippen molar-refractivity contribution in [2.45, 2.75) is 40.0 Å². The normalized spacial score (nSPS) is 12.5. The summed E-state index contributed by atoms with van der Waals surface area (Å²) in [6.07, 6.45) is 0.0156. The Balaban J connectivity index is 1.74. The number of aliphatic imine (C=N–C) groups is 1. The molecule has 30 heavy (non-hydrogen) atoms. The average Bonchev–Trinajstić information content (AvgIpc) is 2.75. The lowest BCUT2D eigenvalue weighted by Crippen LogP contribution is -2.41. The topological polar surface area (TPSA) is 64.1 Å². The van der Waals surface area contributed by atoms with Crippen LogP contribution in [0.5, 0.6) is 5.75 Å². The number of benzene rings is 2. The fraction of sp³-hybridized carbons (Fsp3) is 0.458. The third-order valence-corrected chi connectivity index (χ3v) is 4.50. The lowest BCUT2D eigenvalue weighted by Gasteiger charge is -2.19. The number of nitrogens with zero attached hydrogens (tertiary/aromatic N) is 1. The quantitative estimate of drug-likeness (QED) is 0.316. The van der Waals surface area contributed by atoms with Gasteiger partial charge in [0.05, 0.1) is 26.4 Å². The van der Waals surface area contributed by atoms with Gasteiger partial charge in [0.15, 0.2) is 5.96 Å². The van der Waals surface area contributed by atoms with Gasteiger partial charge in [0, 0.05) is 20.2 Å². The minimum atomic E-state index is 0.0156. The number of rotatable bonds is 12. The maximum atomic E-state index is 6.01. The first-order valence-corrected chi connectivity index (χ1v) is 10.5. The first-order valence-electron chi connectivity index (χ1n) is 10.5. The Labute approximate surface area is 180 Å². The Morgan fingerprint density at radius 1 is 1.00 bits per heavy atom. The highest BCUT2D eigenvalue weighted by Gasteiger charge is 2.07. The number of ether oxygens (including phenoxy) is 3. The molecule has 0 aliphatic heterocycles. The zero-order valence-electron chi connectivity index (χ0n) is 18.6. The Bertz CT molecular complexity index is 780. The van der Waals surface area contributed by atoms with E-state index in [0.29, 0.717) is 32.9 Å². The summed E-state index contributed by atoms with van der Waals surface area (Å²) in [5.74, 6) is 1.66. The van der Waals surface area contributed by atoms with Gasteiger partial charge in [0.2, 0.25) is 0 Å². The minimum Gasteiger partial charge on any atom is -0.489 e. The van der Waals surface area contributed by atoms with Crippen LogP contribution in [0.2, 0.25) is 0 Å². The van der Waals surface area contributed by atoms with Gasteiger partial charge in [0.1, 0.15) is 11.9 Å². The van der Waals surface area contributed by atoms with Crippen LogP contribution in [0, 0.1) is 6.92 Å². The van der Waals surface area contributed by atoms with Crippen LogP contribution in [0.4, 0.5) is 0 Å². The van der Waals surface area contributed by atoms with Gasteiger partial charge in [-0.2, -0.15) is 0 Å². The molecule has 0 aliphatic carbocycles. The number of guanidine groups is 1. The van der Waals surface area contributed by atoms with Gasteiger partial charge in [-0.25, -0.2) is 0 Å². The molecule has 0 amide bonds. The van der Waals surface area contributed by atoms with E-state index >= 15 is 0 Å². The summed E-state index contributed by atoms with van der Waals surface area (Å²) in [5, 5.41) is 6.67. The predicted octanol–water partition coefficient (Wildman–Crippen LogP) is 3.68. The zero-order chi connectivity index (χ0) is 21.6. The van der Waals surface area contributed by atoms with Crippen LogP contribution < -0.4 is 15.4 Å². The molecule has 0 aliphatic rings. The van der Waals surface area contributed by atoms with Gasteiger partial charge in [-0.05, 0) is 43.5 Å². The van der Waals surface area contributed by atoms with Gasteiger partial charge >= 0.3 is 0 Å². The van der Waals surface area contributed by atoms with E-state index in [0.717, 1.165) is 29.4 Å². The van der Waals surface area contributed by atoms with Crippen molar-refractivity contribution in [2.75, 3.05) is 33.4 Å². The van der Waals surface area contributed by atoms with E-state index in [2.05, 4.69) is 33.8 Å². The van der Waals surface area contributed by atoms with Crippen LogP contribution >= 0.6 is 0 Å². The van der Waals surface area contributed by atoms with Crippen LogP contribution in [0.15, 0.2) is 53.5 Å². The average molecular weight is 414 g/mol. The molecule has 164 valence electrons. The molecular formula is C24H35N3O3. The molecule has 0 saturated carbocycles. The van der Waals surface area contributed by atoms with Gasteiger partial charge in [-0.1, -0.05) is 42.5 Å². The summed E-state index contributed by atoms with van der Waals surface area (Å²) in [6, 6.07) is 16.4. The lowest BCUT2D eigenvalue weighted by atomic mass is 10.1. The third kappa shape index (κ3) is 8.84. The monoisotopic (exact) mass is 413 g/mol. The van der Waals surface area contributed by atoms with E-state index in [9.17, 15) is 0 Å². The largest absolute Gasteiger partial charge is 0.489 e. The number of hydrogen-bond acceptors (Lipinski definition) is 4. The molecule has 2 aromatic carbocycles. The van der Waals surface area contributed by atoms with Crippen molar-refractivity contribution in [1.29, 1.82) is 0 Å². The maximum Gasteiger partial charge on any atom is 0.191 e. The van der Waals surface area contributed by atoms with Crippen molar-refractivity contribution >= 4 is 5.96 Å². The highest BCUT2D eigenvalue weighted by atomic mass is 16.5. The second kappa shape index (κ2) is 13.6. The molecule has 6 heteroatoms. The fourth-order valence-electron chi connectivity index (χ4n) is 2.88. The molecule has 0 aromatic heterocycles. The Kier molecular flexibility index (Phi) is 10.8. The van der Waals surface area contributed by atoms with Crippen molar-refractivity contribution in [3.05, 3.63) is 65.2 Å². The zero-order valence-corrected chi connectivity index (χ0v) is 18.6. The molecule has 2 aromatic rings. The highest BCUT2D eigenvalue weighted by molar-refractivity contribution is 5.79. The summed E-state index contributed by atoms with van der Waals surface area (Å²) in [6.45, 7) is 9.95. The molecule has 1 atom stereocenters. The molecule has 2 rings (SSSR count). The number of aryl methyl sites for hydroxylation is 1. The van der Waals surface area contributed by atoms with Gasteiger partial charge in [-0.3, -0.25) is 4.99 Å². The standard InChI is InChI=1S/C24H35N3O3/c1-5-28-13-14-29-18-22-11-8-10-21(15-22)17-27-24(25-4)26-16-20(3)30-23-12-7-6-9-19(23)2/h6-12,15,20H,5,13-14,16-18H2,1-4H3,(H2,25,26,27). The lowest BCUT2D eigenvalue weighted by molar-refractivity contribution is 0.0453. The van der Waals surface area contributed by atoms with Crippen molar-refractivity contribution < 1.29 is 14.2 Å². The summed E-state index contributed by atoms with van der Waals surface area (Å²) in [5.41, 5.74) is 3.45. The van der Waals surface area contributed by atoms with Crippen LogP contribution in [0.3, 0.4) is 0 Å². The molecule has 0 saturated heterocycles. The summed E-state index contributed by atoms with van der Waals surface area (Å²) < 4.78 is 16.9. The molecule has 6 nitrogen and oxygen atoms in total. The molecular weight excluding hydrogens is 378 g/mol. The Hall–Kier alpha value is -2.57. The van der Waals surface area contributed by atoms with Crippen LogP contribution in [-0.4, -0.2) is 45.5 Å². The SMILES string of the molecule is CCOCCOCc1cccc(CNC(=NC)NCC(C)Oc2ccccc2C)c1. The summed E-state index contributed by atoms with van der Waals surface area (Å²) in [4.78, 5) is 4.30. The number of para-hydroxylation sites is 1. The molecule has 0 spiro atoms. The molecule has 0 fully saturated rings. The van der Waals surface area contributed by atoms with Crippen molar-refractivity contribution in [3.63, 3.8) is 0 Å². The highest BCUT2D eigenvalue weighted by Crippen LogP contribution is 2.17. The minimum absolute atomic E-state index is 0.0156. The van der Waals surface area contributed by atoms with E-state index in [-0.39, 0.29) is 6.10 Å². The predicted molar refractivity (Wildman–Crippen MR) is 122 cm³/mol. The van der Waals surface area contributed by atoms with Crippen LogP contribution in [0.1, 0.15) is 30.5 Å². The molecule has 0 heterocycles. The molecule has 0 radical (unpaired) electrons. The van der Waals surface area contributed by atoms with E-state index in [4.69, 9.17) is 14.2 Å². The number of nitrogens with one attached hydrogen (secondary N) is 2. The molecule has 2 N–H and O–H groups in total. The van der Waals surface area contributed by atoms with Gasteiger partial charge in [0.25, 0.3) is 0 Å². The first-order chi connectivity index (χ1) is 14.6. The van der Waals surface area contributed by atoms with Crippen LogP contribution in [0.25, 0.3) is 0 Å². The summed E-state index contributed by atoms with van der Waals surface area (Å²) >= 11 is 0. The van der Waals surface area contributed by atoms with E-state index < -0.39 is 0 Å². The second-order valence-corrected chi connectivity index (χ2v) is 7.07. The second-order valence-electron chi connectivity index (χ2n) is 7.07. The summed E-state index contributed by atoms with van der Waals surface area (Å²) in [7, 11) is 1.77. The van der Waals surface area contributed by atoms with Gasteiger partial charge < -0.3 is 24.8 Å². The Morgan fingerprint density at radius 2 is 1.77 bits per heavy atom. The van der Waals surface area contributed by atoms with Crippen molar-refractivity contribution in [2.24, 2.45) is 4.99 Å². The van der Waals surface area contributed by atoms with Crippen molar-refractivity contribution in [3.8, 4) is 5.75 Å². The fourth-order valence-corrected chi connectivity index (χ4v) is 2.88. The third-order valence-electron chi connectivity index (χ3n) is 4.50. The molecule has 0 bridgehead atoms. The van der Waals surface area contributed by atoms with E-state index in [1.807, 2.05) is 51.1 Å². The van der Waals surface area contributed by atoms with E-state index in [1.165, 1.54) is 5.56 Å². The van der Waals surface area contributed by atoms with Crippen LogP contribution in [-0.2, 0) is 22.6 Å². The maximum absolute atomic E-state index is 6.01. The Morgan fingerprint density at radius 3 is 2.53 bits per heavy atom. The molecule has 1 unspecified atom stereocenters. The number of hydrogen-bond donors (Lipinski definition) is 2. The smallest absolute Gasteiger partial charge is 0.191 e.